The van der Waals surface area contributed by atoms with Gasteiger partial charge in [0.1, 0.15) is 10.6 Å². The molecule has 3 rings (SSSR count). The minimum Gasteiger partial charge on any atom is -0.360 e. The number of sulfonamides is 1. The van der Waals surface area contributed by atoms with Crippen molar-refractivity contribution < 1.29 is 12.9 Å². The zero-order valence-corrected chi connectivity index (χ0v) is 16.0. The van der Waals surface area contributed by atoms with Crippen LogP contribution < -0.4 is 4.72 Å². The number of aryl methyl sites for hydroxylation is 4. The van der Waals surface area contributed by atoms with Crippen LogP contribution in [-0.4, -0.2) is 18.6 Å². The van der Waals surface area contributed by atoms with Gasteiger partial charge in [0.15, 0.2) is 5.76 Å². The van der Waals surface area contributed by atoms with Gasteiger partial charge in [-0.3, -0.25) is 4.98 Å². The molecule has 1 N–H and O–H groups in total. The van der Waals surface area contributed by atoms with Crippen LogP contribution in [0.5, 0.6) is 0 Å². The molecule has 0 fully saturated rings. The summed E-state index contributed by atoms with van der Waals surface area (Å²) < 4.78 is 33.8. The van der Waals surface area contributed by atoms with Crippen LogP contribution in [0.2, 0.25) is 0 Å². The van der Waals surface area contributed by atoms with Crippen LogP contribution >= 0.6 is 0 Å². The van der Waals surface area contributed by atoms with Gasteiger partial charge >= 0.3 is 0 Å². The Morgan fingerprint density at radius 3 is 2.38 bits per heavy atom. The molecular weight excluding hydrogens is 350 g/mol. The van der Waals surface area contributed by atoms with Crippen molar-refractivity contribution in [3.05, 3.63) is 76.4 Å². The third kappa shape index (κ3) is 3.54. The Morgan fingerprint density at radius 1 is 1.04 bits per heavy atom. The first-order chi connectivity index (χ1) is 12.3. The maximum Gasteiger partial charge on any atom is 0.246 e. The monoisotopic (exact) mass is 371 g/mol. The molecule has 6 nitrogen and oxygen atoms in total. The number of nitrogens with one attached hydrogen (secondary N) is 1. The predicted molar refractivity (Wildman–Crippen MR) is 98.3 cm³/mol. The van der Waals surface area contributed by atoms with Crippen LogP contribution in [0.25, 0.3) is 0 Å². The largest absolute Gasteiger partial charge is 0.360 e. The van der Waals surface area contributed by atoms with E-state index in [0.29, 0.717) is 5.69 Å². The van der Waals surface area contributed by atoms with Gasteiger partial charge in [-0.2, -0.15) is 4.72 Å². The number of aromatic nitrogens is 2. The van der Waals surface area contributed by atoms with Crippen molar-refractivity contribution in [1.82, 2.24) is 14.9 Å². The second-order valence-corrected chi connectivity index (χ2v) is 7.99. The van der Waals surface area contributed by atoms with Crippen LogP contribution in [-0.2, 0) is 10.0 Å². The van der Waals surface area contributed by atoms with Gasteiger partial charge in [0.25, 0.3) is 0 Å². The maximum absolute atomic E-state index is 13.0. The number of rotatable bonds is 5. The molecule has 0 aliphatic rings. The summed E-state index contributed by atoms with van der Waals surface area (Å²) in [6.45, 7) is 7.22. The smallest absolute Gasteiger partial charge is 0.246 e. The summed E-state index contributed by atoms with van der Waals surface area (Å²) >= 11 is 0. The minimum atomic E-state index is -3.83. The molecule has 1 atom stereocenters. The lowest BCUT2D eigenvalue weighted by Crippen LogP contribution is -2.30. The summed E-state index contributed by atoms with van der Waals surface area (Å²) in [5.41, 5.74) is 4.17. The molecule has 0 bridgehead atoms. The van der Waals surface area contributed by atoms with Gasteiger partial charge in [-0.1, -0.05) is 29.4 Å². The predicted octanol–water partition coefficient (Wildman–Crippen LogP) is 3.37. The number of hydrogen-bond acceptors (Lipinski definition) is 5. The third-order valence-electron chi connectivity index (χ3n) is 4.39. The van der Waals surface area contributed by atoms with Crippen LogP contribution in [0.3, 0.4) is 0 Å². The average molecular weight is 371 g/mol. The van der Waals surface area contributed by atoms with Gasteiger partial charge in [0.2, 0.25) is 10.0 Å². The Hall–Kier alpha value is -2.51. The third-order valence-corrected chi connectivity index (χ3v) is 6.06. The first-order valence-corrected chi connectivity index (χ1v) is 9.70. The Kier molecular flexibility index (Phi) is 4.93. The maximum atomic E-state index is 13.0. The van der Waals surface area contributed by atoms with Crippen molar-refractivity contribution >= 4 is 10.0 Å². The van der Waals surface area contributed by atoms with Crippen LogP contribution in [0.4, 0.5) is 0 Å². The molecule has 2 heterocycles. The van der Waals surface area contributed by atoms with E-state index < -0.39 is 16.1 Å². The summed E-state index contributed by atoms with van der Waals surface area (Å²) in [5.74, 6) is 0.264. The fourth-order valence-electron chi connectivity index (χ4n) is 2.89. The van der Waals surface area contributed by atoms with Gasteiger partial charge in [0, 0.05) is 12.4 Å². The SMILES string of the molecule is Cc1ccc([C@H](NS(=O)(=O)c2c(C)noc2C)c2cccnc2)cc1C. The highest BCUT2D eigenvalue weighted by atomic mass is 32.2. The average Bonchev–Trinajstić information content (AvgIpc) is 2.95. The molecular formula is C19H21N3O3S. The lowest BCUT2D eigenvalue weighted by atomic mass is 9.97. The van der Waals surface area contributed by atoms with Crippen LogP contribution in [0.1, 0.15) is 39.7 Å². The lowest BCUT2D eigenvalue weighted by molar-refractivity contribution is 0.390. The van der Waals surface area contributed by atoms with E-state index in [1.54, 1.807) is 32.3 Å². The van der Waals surface area contributed by atoms with Crippen molar-refractivity contribution in [3.8, 4) is 0 Å². The molecule has 136 valence electrons. The van der Waals surface area contributed by atoms with Crippen molar-refractivity contribution in [1.29, 1.82) is 0 Å². The molecule has 7 heteroatoms. The molecule has 0 saturated heterocycles. The van der Waals surface area contributed by atoms with Crippen molar-refractivity contribution in [3.63, 3.8) is 0 Å². The van der Waals surface area contributed by atoms with E-state index in [-0.39, 0.29) is 10.7 Å². The molecule has 0 saturated carbocycles. The fraction of sp³-hybridized carbons (Fsp3) is 0.263. The second-order valence-electron chi connectivity index (χ2n) is 6.34. The normalized spacial score (nSPS) is 12.9. The summed E-state index contributed by atoms with van der Waals surface area (Å²) in [5, 5.41) is 3.75. The van der Waals surface area contributed by atoms with Gasteiger partial charge < -0.3 is 4.52 Å². The Morgan fingerprint density at radius 2 is 1.81 bits per heavy atom. The van der Waals surface area contributed by atoms with Crippen LogP contribution in [0.15, 0.2) is 52.1 Å². The van der Waals surface area contributed by atoms with Crippen LogP contribution in [0, 0.1) is 27.7 Å². The molecule has 0 aliphatic carbocycles. The number of nitrogens with zero attached hydrogens (tertiary/aromatic N) is 2. The van der Waals surface area contributed by atoms with Gasteiger partial charge in [-0.15, -0.1) is 0 Å². The van der Waals surface area contributed by atoms with E-state index in [0.717, 1.165) is 22.3 Å². The summed E-state index contributed by atoms with van der Waals surface area (Å²) in [6.07, 6.45) is 3.32. The summed E-state index contributed by atoms with van der Waals surface area (Å²) in [6, 6.07) is 8.97. The molecule has 0 amide bonds. The highest BCUT2D eigenvalue weighted by molar-refractivity contribution is 7.89. The first kappa shape index (κ1) is 18.3. The molecule has 0 aliphatic heterocycles. The number of pyridine rings is 1. The Bertz CT molecular complexity index is 1010. The first-order valence-electron chi connectivity index (χ1n) is 8.22. The molecule has 0 spiro atoms. The lowest BCUT2D eigenvalue weighted by Gasteiger charge is -2.20. The van der Waals surface area contributed by atoms with Crippen molar-refractivity contribution in [2.75, 3.05) is 0 Å². The number of benzene rings is 1. The minimum absolute atomic E-state index is 0.0789. The summed E-state index contributed by atoms with van der Waals surface area (Å²) in [4.78, 5) is 4.21. The highest BCUT2D eigenvalue weighted by Gasteiger charge is 2.28. The molecule has 26 heavy (non-hydrogen) atoms. The Balaban J connectivity index is 2.08. The number of hydrogen-bond donors (Lipinski definition) is 1. The van der Waals surface area contributed by atoms with E-state index in [1.165, 1.54) is 0 Å². The molecule has 0 unspecified atom stereocenters. The van der Waals surface area contributed by atoms with Crippen molar-refractivity contribution in [2.45, 2.75) is 38.6 Å². The fourth-order valence-corrected chi connectivity index (χ4v) is 4.43. The van der Waals surface area contributed by atoms with E-state index in [2.05, 4.69) is 14.9 Å². The van der Waals surface area contributed by atoms with E-state index in [1.807, 2.05) is 38.1 Å². The highest BCUT2D eigenvalue weighted by Crippen LogP contribution is 2.27. The van der Waals surface area contributed by atoms with Crippen molar-refractivity contribution in [2.24, 2.45) is 0 Å². The zero-order chi connectivity index (χ0) is 18.9. The quantitative estimate of drug-likeness (QED) is 0.743. The topological polar surface area (TPSA) is 85.1 Å². The van der Waals surface area contributed by atoms with Gasteiger partial charge in [-0.25, -0.2) is 8.42 Å². The summed E-state index contributed by atoms with van der Waals surface area (Å²) in [7, 11) is -3.83. The van der Waals surface area contributed by atoms with E-state index in [4.69, 9.17) is 4.52 Å². The molecule has 2 aromatic heterocycles. The van der Waals surface area contributed by atoms with E-state index in [9.17, 15) is 8.42 Å². The van der Waals surface area contributed by atoms with Gasteiger partial charge in [0.05, 0.1) is 6.04 Å². The zero-order valence-electron chi connectivity index (χ0n) is 15.1. The Labute approximate surface area is 153 Å². The molecule has 0 radical (unpaired) electrons. The molecule has 1 aromatic carbocycles. The molecule has 3 aromatic rings. The van der Waals surface area contributed by atoms with E-state index >= 15 is 0 Å². The second kappa shape index (κ2) is 7.01. The standard InChI is InChI=1S/C19H21N3O3S/c1-12-7-8-16(10-13(12)2)18(17-6-5-9-20-11-17)22-26(23,24)19-14(3)21-25-15(19)4/h5-11,18,22H,1-4H3/t18-/m0/s1. The van der Waals surface area contributed by atoms with Gasteiger partial charge in [-0.05, 0) is 56.0 Å².